The van der Waals surface area contributed by atoms with Gasteiger partial charge in [-0.15, -0.1) is 10.2 Å². The second kappa shape index (κ2) is 4.13. The van der Waals surface area contributed by atoms with Gasteiger partial charge >= 0.3 is 6.18 Å². The van der Waals surface area contributed by atoms with E-state index in [4.69, 9.17) is 5.73 Å². The van der Waals surface area contributed by atoms with Gasteiger partial charge in [0.15, 0.2) is 5.82 Å². The molecule has 0 radical (unpaired) electrons. The van der Waals surface area contributed by atoms with Crippen molar-refractivity contribution in [1.29, 1.82) is 0 Å². The smallest absolute Gasteiger partial charge is 0.318 e. The van der Waals surface area contributed by atoms with Crippen molar-refractivity contribution in [2.75, 3.05) is 0 Å². The van der Waals surface area contributed by atoms with Gasteiger partial charge in [0, 0.05) is 0 Å². The highest BCUT2D eigenvalue weighted by Gasteiger charge is 2.35. The Balaban J connectivity index is 2.46. The molecule has 0 amide bonds. The molecule has 0 saturated carbocycles. The van der Waals surface area contributed by atoms with Crippen molar-refractivity contribution in [2.45, 2.75) is 12.2 Å². The lowest BCUT2D eigenvalue weighted by molar-refractivity contribution is -0.138. The van der Waals surface area contributed by atoms with Crippen LogP contribution in [0.25, 0.3) is 0 Å². The van der Waals surface area contributed by atoms with Crippen LogP contribution in [-0.2, 0) is 6.18 Å². The number of benzene rings is 1. The number of aromatic nitrogens is 4. The van der Waals surface area contributed by atoms with Crippen LogP contribution in [0.3, 0.4) is 0 Å². The highest BCUT2D eigenvalue weighted by atomic mass is 19.4. The zero-order valence-electron chi connectivity index (χ0n) is 8.44. The van der Waals surface area contributed by atoms with E-state index in [1.165, 1.54) is 18.2 Å². The summed E-state index contributed by atoms with van der Waals surface area (Å²) < 4.78 is 38.2. The fourth-order valence-electron chi connectivity index (χ4n) is 1.47. The first kappa shape index (κ1) is 11.5. The number of hydrogen-bond acceptors (Lipinski definition) is 4. The summed E-state index contributed by atoms with van der Waals surface area (Å²) in [6.45, 7) is 0. The first-order chi connectivity index (χ1) is 8.00. The Hall–Kier alpha value is -1.96. The number of halogens is 3. The third-order valence-corrected chi connectivity index (χ3v) is 2.24. The summed E-state index contributed by atoms with van der Waals surface area (Å²) in [7, 11) is 0. The molecule has 1 atom stereocenters. The van der Waals surface area contributed by atoms with Crippen LogP contribution in [0.5, 0.6) is 0 Å². The van der Waals surface area contributed by atoms with Gasteiger partial charge in [0.05, 0.1) is 11.6 Å². The minimum atomic E-state index is -4.46. The van der Waals surface area contributed by atoms with Gasteiger partial charge in [-0.1, -0.05) is 23.4 Å². The van der Waals surface area contributed by atoms with Crippen LogP contribution >= 0.6 is 0 Å². The maximum Gasteiger partial charge on any atom is 0.416 e. The number of nitrogens with zero attached hydrogens (tertiary/aromatic N) is 3. The molecule has 17 heavy (non-hydrogen) atoms. The molecule has 0 bridgehead atoms. The summed E-state index contributed by atoms with van der Waals surface area (Å²) in [5.74, 6) is 0.0155. The molecule has 0 aliphatic carbocycles. The summed E-state index contributed by atoms with van der Waals surface area (Å²) in [5, 5.41) is 12.6. The predicted octanol–water partition coefficient (Wildman–Crippen LogP) is 1.27. The molecule has 1 aromatic heterocycles. The Kier molecular flexibility index (Phi) is 2.80. The number of rotatable bonds is 2. The van der Waals surface area contributed by atoms with E-state index in [-0.39, 0.29) is 11.4 Å². The molecule has 0 aliphatic rings. The summed E-state index contributed by atoms with van der Waals surface area (Å²) in [6, 6.07) is 3.98. The van der Waals surface area contributed by atoms with Gasteiger partial charge in [0.1, 0.15) is 0 Å². The molecule has 0 fully saturated rings. The van der Waals surface area contributed by atoms with Gasteiger partial charge in [-0.2, -0.15) is 18.4 Å². The van der Waals surface area contributed by atoms with Crippen molar-refractivity contribution in [3.05, 3.63) is 41.2 Å². The molecule has 0 spiro atoms. The second-order valence-electron chi connectivity index (χ2n) is 3.33. The van der Waals surface area contributed by atoms with E-state index in [0.717, 1.165) is 6.07 Å². The van der Waals surface area contributed by atoms with Crippen LogP contribution in [0, 0.1) is 0 Å². The summed E-state index contributed by atoms with van der Waals surface area (Å²) in [6.07, 6.45) is -4.46. The largest absolute Gasteiger partial charge is 0.416 e. The van der Waals surface area contributed by atoms with Crippen LogP contribution in [0.1, 0.15) is 23.0 Å². The molecule has 2 aromatic rings. The SMILES string of the molecule is NC(c1nn[nH]n1)c1ccccc1C(F)(F)F. The lowest BCUT2D eigenvalue weighted by Gasteiger charge is -2.15. The molecular weight excluding hydrogens is 235 g/mol. The minimum Gasteiger partial charge on any atom is -0.318 e. The number of tetrazole rings is 1. The first-order valence-corrected chi connectivity index (χ1v) is 4.65. The van der Waals surface area contributed by atoms with Crippen LogP contribution < -0.4 is 5.73 Å². The number of nitrogens with two attached hydrogens (primary N) is 1. The Morgan fingerprint density at radius 2 is 1.94 bits per heavy atom. The zero-order chi connectivity index (χ0) is 12.5. The molecule has 1 unspecified atom stereocenters. The number of nitrogens with one attached hydrogen (secondary N) is 1. The maximum atomic E-state index is 12.7. The maximum absolute atomic E-state index is 12.7. The van der Waals surface area contributed by atoms with Crippen molar-refractivity contribution in [1.82, 2.24) is 20.6 Å². The van der Waals surface area contributed by atoms with E-state index in [1.807, 2.05) is 0 Å². The van der Waals surface area contributed by atoms with Crippen molar-refractivity contribution >= 4 is 0 Å². The van der Waals surface area contributed by atoms with E-state index in [1.54, 1.807) is 0 Å². The highest BCUT2D eigenvalue weighted by molar-refractivity contribution is 5.34. The van der Waals surface area contributed by atoms with Crippen molar-refractivity contribution in [3.63, 3.8) is 0 Å². The van der Waals surface area contributed by atoms with Crippen LogP contribution in [0.2, 0.25) is 0 Å². The normalized spacial score (nSPS) is 13.6. The highest BCUT2D eigenvalue weighted by Crippen LogP contribution is 2.34. The molecule has 1 aromatic carbocycles. The van der Waals surface area contributed by atoms with Gasteiger partial charge in [-0.3, -0.25) is 0 Å². The number of alkyl halides is 3. The Bertz CT molecular complexity index is 494. The Labute approximate surface area is 93.8 Å². The first-order valence-electron chi connectivity index (χ1n) is 4.65. The Morgan fingerprint density at radius 3 is 2.53 bits per heavy atom. The van der Waals surface area contributed by atoms with Crippen molar-refractivity contribution < 1.29 is 13.2 Å². The quantitative estimate of drug-likeness (QED) is 0.832. The van der Waals surface area contributed by atoms with Crippen molar-refractivity contribution in [2.24, 2.45) is 5.73 Å². The third-order valence-electron chi connectivity index (χ3n) is 2.24. The van der Waals surface area contributed by atoms with Crippen LogP contribution in [0.15, 0.2) is 24.3 Å². The molecule has 0 saturated heterocycles. The summed E-state index contributed by atoms with van der Waals surface area (Å²) in [4.78, 5) is 0. The van der Waals surface area contributed by atoms with Gasteiger partial charge in [0.2, 0.25) is 0 Å². The number of H-pyrrole nitrogens is 1. The lowest BCUT2D eigenvalue weighted by Crippen LogP contribution is -2.19. The minimum absolute atomic E-state index is 0.0155. The van der Waals surface area contributed by atoms with Crippen molar-refractivity contribution in [3.8, 4) is 0 Å². The molecule has 1 heterocycles. The van der Waals surface area contributed by atoms with Crippen LogP contribution in [-0.4, -0.2) is 20.6 Å². The average molecular weight is 243 g/mol. The van der Waals surface area contributed by atoms with E-state index in [2.05, 4.69) is 20.6 Å². The number of aromatic amines is 1. The molecular formula is C9H8F3N5. The lowest BCUT2D eigenvalue weighted by atomic mass is 10.00. The van der Waals surface area contributed by atoms with Gasteiger partial charge in [-0.25, -0.2) is 0 Å². The molecule has 0 aliphatic heterocycles. The molecule has 2 rings (SSSR count). The average Bonchev–Trinajstić information content (AvgIpc) is 2.80. The Morgan fingerprint density at radius 1 is 1.24 bits per heavy atom. The summed E-state index contributed by atoms with van der Waals surface area (Å²) in [5.41, 5.74) is 4.80. The molecule has 8 heteroatoms. The standard InChI is InChI=1S/C9H8F3N5/c10-9(11,12)6-4-2-1-3-5(6)7(13)8-14-16-17-15-8/h1-4,7H,13H2,(H,14,15,16,17). The fourth-order valence-corrected chi connectivity index (χ4v) is 1.47. The topological polar surface area (TPSA) is 80.5 Å². The van der Waals surface area contributed by atoms with E-state index < -0.39 is 17.8 Å². The summed E-state index contributed by atoms with van der Waals surface area (Å²) >= 11 is 0. The third kappa shape index (κ3) is 2.26. The second-order valence-corrected chi connectivity index (χ2v) is 3.33. The monoisotopic (exact) mass is 243 g/mol. The molecule has 3 N–H and O–H groups in total. The van der Waals surface area contributed by atoms with E-state index in [9.17, 15) is 13.2 Å². The number of hydrogen-bond donors (Lipinski definition) is 2. The predicted molar refractivity (Wildman–Crippen MR) is 51.7 cm³/mol. The van der Waals surface area contributed by atoms with E-state index in [0.29, 0.717) is 0 Å². The van der Waals surface area contributed by atoms with Gasteiger partial charge < -0.3 is 5.73 Å². The van der Waals surface area contributed by atoms with Crippen LogP contribution in [0.4, 0.5) is 13.2 Å². The van der Waals surface area contributed by atoms with E-state index >= 15 is 0 Å². The van der Waals surface area contributed by atoms with Gasteiger partial charge in [-0.05, 0) is 11.6 Å². The molecule has 90 valence electrons. The van der Waals surface area contributed by atoms with Gasteiger partial charge in [0.25, 0.3) is 0 Å². The fraction of sp³-hybridized carbons (Fsp3) is 0.222. The zero-order valence-corrected chi connectivity index (χ0v) is 8.44. The molecule has 5 nitrogen and oxygen atoms in total.